The quantitative estimate of drug-likeness (QED) is 0.556. The summed E-state index contributed by atoms with van der Waals surface area (Å²) >= 11 is 6.07. The van der Waals surface area contributed by atoms with Gasteiger partial charge in [-0.3, -0.25) is 4.68 Å². The predicted molar refractivity (Wildman–Crippen MR) is 109 cm³/mol. The molecule has 0 aliphatic heterocycles. The molecule has 156 valence electrons. The molecule has 1 aliphatic rings. The smallest absolute Gasteiger partial charge is 0.257 e. The lowest BCUT2D eigenvalue weighted by Gasteiger charge is -2.36. The monoisotopic (exact) mass is 422 g/mol. The average Bonchev–Trinajstić information content (AvgIpc) is 3.07. The van der Waals surface area contributed by atoms with E-state index in [1.807, 2.05) is 13.8 Å². The molecule has 1 aliphatic carbocycles. The Morgan fingerprint density at radius 1 is 1.28 bits per heavy atom. The van der Waals surface area contributed by atoms with Crippen LogP contribution in [0.1, 0.15) is 50.7 Å². The number of anilines is 1. The van der Waals surface area contributed by atoms with Crippen molar-refractivity contribution in [3.63, 3.8) is 0 Å². The van der Waals surface area contributed by atoms with Crippen molar-refractivity contribution in [3.8, 4) is 11.8 Å². The van der Waals surface area contributed by atoms with Crippen LogP contribution in [0.25, 0.3) is 0 Å². The van der Waals surface area contributed by atoms with Gasteiger partial charge < -0.3 is 10.4 Å². The highest BCUT2D eigenvalue weighted by molar-refractivity contribution is 6.29. The van der Waals surface area contributed by atoms with E-state index in [1.165, 1.54) is 17.1 Å². The number of alkyl halides is 2. The van der Waals surface area contributed by atoms with Gasteiger partial charge in [-0.25, -0.2) is 13.8 Å². The summed E-state index contributed by atoms with van der Waals surface area (Å²) in [5.41, 5.74) is 1.37. The highest BCUT2D eigenvalue weighted by atomic mass is 35.5. The molecule has 0 aromatic carbocycles. The largest absolute Gasteiger partial charge is 0.390 e. The predicted octanol–water partition coefficient (Wildman–Crippen LogP) is 4.34. The zero-order valence-electron chi connectivity index (χ0n) is 16.5. The van der Waals surface area contributed by atoms with Gasteiger partial charge in [0.15, 0.2) is 0 Å². The lowest BCUT2D eigenvalue weighted by Crippen LogP contribution is -2.37. The van der Waals surface area contributed by atoms with Crippen molar-refractivity contribution >= 4 is 17.3 Å². The number of aliphatic hydroxyl groups is 1. The first kappa shape index (κ1) is 21.5. The van der Waals surface area contributed by atoms with E-state index in [2.05, 4.69) is 27.2 Å². The maximum Gasteiger partial charge on any atom is 0.257 e. The summed E-state index contributed by atoms with van der Waals surface area (Å²) in [4.78, 5) is 4.10. The van der Waals surface area contributed by atoms with Crippen LogP contribution in [0, 0.1) is 17.8 Å². The Balaban J connectivity index is 1.70. The molecule has 3 rings (SSSR count). The van der Waals surface area contributed by atoms with Crippen LogP contribution in [0.3, 0.4) is 0 Å². The second-order valence-electron chi connectivity index (χ2n) is 7.99. The van der Waals surface area contributed by atoms with Gasteiger partial charge in [0.1, 0.15) is 11.7 Å². The number of nitrogens with one attached hydrogen (secondary N) is 1. The van der Waals surface area contributed by atoms with E-state index in [-0.39, 0.29) is 6.04 Å². The highest BCUT2D eigenvalue weighted by Gasteiger charge is 2.31. The van der Waals surface area contributed by atoms with Gasteiger partial charge in [-0.15, -0.1) is 0 Å². The third kappa shape index (κ3) is 6.15. The van der Waals surface area contributed by atoms with E-state index in [9.17, 15) is 13.9 Å². The van der Waals surface area contributed by atoms with Crippen LogP contribution in [0.5, 0.6) is 0 Å². The van der Waals surface area contributed by atoms with Crippen LogP contribution in [0.2, 0.25) is 5.15 Å². The Morgan fingerprint density at radius 3 is 2.66 bits per heavy atom. The zero-order chi connectivity index (χ0) is 21.0. The molecule has 1 fully saturated rings. The third-order valence-electron chi connectivity index (χ3n) is 5.26. The molecule has 0 radical (unpaired) electrons. The molecule has 0 amide bonds. The number of nitrogens with zero attached hydrogens (tertiary/aromatic N) is 3. The molecule has 8 heteroatoms. The van der Waals surface area contributed by atoms with Crippen molar-refractivity contribution in [2.24, 2.45) is 5.92 Å². The minimum atomic E-state index is -2.46. The van der Waals surface area contributed by atoms with Gasteiger partial charge in [0, 0.05) is 18.4 Å². The summed E-state index contributed by atoms with van der Waals surface area (Å²) in [6.07, 6.45) is 5.89. The Kier molecular flexibility index (Phi) is 6.76. The molecule has 29 heavy (non-hydrogen) atoms. The van der Waals surface area contributed by atoms with E-state index in [0.29, 0.717) is 22.2 Å². The molecule has 0 bridgehead atoms. The van der Waals surface area contributed by atoms with Crippen molar-refractivity contribution in [2.75, 3.05) is 5.32 Å². The first-order valence-corrected chi connectivity index (χ1v) is 10.1. The molecule has 0 spiro atoms. The second-order valence-corrected chi connectivity index (χ2v) is 8.38. The number of pyridine rings is 1. The van der Waals surface area contributed by atoms with Gasteiger partial charge in [0.05, 0.1) is 28.6 Å². The van der Waals surface area contributed by atoms with Crippen LogP contribution in [-0.4, -0.2) is 37.9 Å². The van der Waals surface area contributed by atoms with Crippen LogP contribution in [0.15, 0.2) is 24.7 Å². The minimum absolute atomic E-state index is 0.265. The molecule has 2 aromatic rings. The van der Waals surface area contributed by atoms with Crippen LogP contribution in [-0.2, 0) is 6.54 Å². The Bertz CT molecular complexity index is 890. The lowest BCUT2D eigenvalue weighted by atomic mass is 9.77. The molecule has 2 N–H and O–H groups in total. The fourth-order valence-corrected chi connectivity index (χ4v) is 3.78. The fraction of sp³-hybridized carbons (Fsp3) is 0.524. The molecule has 1 saturated carbocycles. The van der Waals surface area contributed by atoms with Crippen molar-refractivity contribution in [1.82, 2.24) is 14.8 Å². The first-order valence-electron chi connectivity index (χ1n) is 9.68. The molecule has 2 heterocycles. The van der Waals surface area contributed by atoms with Crippen LogP contribution in [0.4, 0.5) is 14.5 Å². The van der Waals surface area contributed by atoms with Gasteiger partial charge in [0.2, 0.25) is 0 Å². The number of halogens is 3. The Hall–Kier alpha value is -2.17. The zero-order valence-corrected chi connectivity index (χ0v) is 17.3. The molecular formula is C21H25ClF2N4O. The van der Waals surface area contributed by atoms with E-state index in [4.69, 9.17) is 11.6 Å². The normalized spacial score (nSPS) is 19.7. The van der Waals surface area contributed by atoms with Gasteiger partial charge >= 0.3 is 0 Å². The standard InChI is InChI=1S/C21H25ClF2N4O/c1-21(2,29)16-5-7-17(8-6-16)27-18-9-19(22)25-11-15(18)4-3-14-10-26-28(12-14)13-20(23)24/h9-12,16-17,20,29H,5-8,13H2,1-2H3,(H,25,27). The SMILES string of the molecule is CC(C)(O)C1CCC(Nc2cc(Cl)ncc2C#Cc2cnn(CC(F)F)c2)CC1. The van der Waals surface area contributed by atoms with E-state index < -0.39 is 18.6 Å². The molecule has 2 aromatic heterocycles. The van der Waals surface area contributed by atoms with Gasteiger partial charge in [0.25, 0.3) is 6.43 Å². The Labute approximate surface area is 174 Å². The topological polar surface area (TPSA) is 63.0 Å². The van der Waals surface area contributed by atoms with E-state index >= 15 is 0 Å². The van der Waals surface area contributed by atoms with Crippen LogP contribution >= 0.6 is 11.6 Å². The van der Waals surface area contributed by atoms with Crippen LogP contribution < -0.4 is 5.32 Å². The average molecular weight is 423 g/mol. The fourth-order valence-electron chi connectivity index (χ4n) is 3.62. The summed E-state index contributed by atoms with van der Waals surface area (Å²) in [7, 11) is 0. The number of aromatic nitrogens is 3. The molecule has 0 unspecified atom stereocenters. The van der Waals surface area contributed by atoms with Gasteiger partial charge in [-0.05, 0) is 51.5 Å². The first-order chi connectivity index (χ1) is 13.7. The highest BCUT2D eigenvalue weighted by Crippen LogP contribution is 2.34. The second kappa shape index (κ2) is 9.10. The summed E-state index contributed by atoms with van der Waals surface area (Å²) in [6.45, 7) is 3.28. The molecular weight excluding hydrogens is 398 g/mol. The summed E-state index contributed by atoms with van der Waals surface area (Å²) in [5.74, 6) is 6.27. The molecule has 5 nitrogen and oxygen atoms in total. The van der Waals surface area contributed by atoms with E-state index in [1.54, 1.807) is 12.3 Å². The number of hydrogen-bond acceptors (Lipinski definition) is 4. The van der Waals surface area contributed by atoms with Gasteiger partial charge in [-0.2, -0.15) is 5.10 Å². The maximum atomic E-state index is 12.4. The van der Waals surface area contributed by atoms with Crippen molar-refractivity contribution in [2.45, 2.75) is 64.1 Å². The number of hydrogen-bond donors (Lipinski definition) is 2. The van der Waals surface area contributed by atoms with Gasteiger partial charge in [-0.1, -0.05) is 23.4 Å². The molecule has 0 saturated heterocycles. The summed E-state index contributed by atoms with van der Waals surface area (Å²) < 4.78 is 26.1. The summed E-state index contributed by atoms with van der Waals surface area (Å²) in [5, 5.41) is 18.0. The van der Waals surface area contributed by atoms with Crippen molar-refractivity contribution < 1.29 is 13.9 Å². The third-order valence-corrected chi connectivity index (χ3v) is 5.46. The lowest BCUT2D eigenvalue weighted by molar-refractivity contribution is -0.000393. The van der Waals surface area contributed by atoms with Crippen molar-refractivity contribution in [1.29, 1.82) is 0 Å². The maximum absolute atomic E-state index is 12.4. The molecule has 0 atom stereocenters. The number of rotatable bonds is 5. The Morgan fingerprint density at radius 2 is 2.00 bits per heavy atom. The minimum Gasteiger partial charge on any atom is -0.390 e. The van der Waals surface area contributed by atoms with Crippen molar-refractivity contribution in [3.05, 3.63) is 40.9 Å². The summed E-state index contributed by atoms with van der Waals surface area (Å²) in [6, 6.07) is 2.01. The van der Waals surface area contributed by atoms with E-state index in [0.717, 1.165) is 31.4 Å².